The average Bonchev–Trinajstić information content (AvgIpc) is 3.10. The van der Waals surface area contributed by atoms with E-state index in [1.807, 2.05) is 0 Å². The lowest BCUT2D eigenvalue weighted by Crippen LogP contribution is -2.30. The topological polar surface area (TPSA) is 92.3 Å². The summed E-state index contributed by atoms with van der Waals surface area (Å²) in [6.45, 7) is 3.16. The van der Waals surface area contributed by atoms with E-state index < -0.39 is 18.0 Å². The number of furan rings is 1. The van der Waals surface area contributed by atoms with Gasteiger partial charge in [-0.15, -0.1) is 11.3 Å². The molecule has 26 heavy (non-hydrogen) atoms. The minimum absolute atomic E-state index is 0.296. The molecule has 0 aromatic carbocycles. The number of hydrogen-bond donors (Lipinski definition) is 1. The van der Waals surface area contributed by atoms with Gasteiger partial charge in [0, 0.05) is 4.88 Å². The second-order valence-corrected chi connectivity index (χ2v) is 7.41. The Morgan fingerprint density at radius 1 is 1.35 bits per heavy atom. The quantitative estimate of drug-likeness (QED) is 0.647. The van der Waals surface area contributed by atoms with Crippen molar-refractivity contribution in [2.24, 2.45) is 0 Å². The Labute approximate surface area is 155 Å². The molecule has 1 aliphatic rings. The molecule has 0 bridgehead atoms. The van der Waals surface area contributed by atoms with Crippen molar-refractivity contribution in [2.45, 2.75) is 52.1 Å². The number of carbonyl (C=O) groups excluding carboxylic acids is 2. The van der Waals surface area contributed by atoms with Crippen molar-refractivity contribution < 1.29 is 18.7 Å². The molecule has 0 radical (unpaired) electrons. The minimum Gasteiger partial charge on any atom is -0.469 e. The molecule has 0 unspecified atom stereocenters. The van der Waals surface area contributed by atoms with Crippen LogP contribution in [0.5, 0.6) is 0 Å². The first kappa shape index (κ1) is 18.2. The first-order chi connectivity index (χ1) is 12.5. The van der Waals surface area contributed by atoms with Gasteiger partial charge >= 0.3 is 5.97 Å². The Morgan fingerprint density at radius 3 is 2.81 bits per heavy atom. The number of thiophene rings is 1. The molecular weight excluding hydrogens is 352 g/mol. The molecule has 0 spiro atoms. The number of carbonyl (C=O) groups is 2. The molecule has 1 aliphatic carbocycles. The lowest BCUT2D eigenvalue weighted by atomic mass is 10.1. The number of esters is 1. The zero-order valence-electron chi connectivity index (χ0n) is 14.8. The van der Waals surface area contributed by atoms with E-state index in [9.17, 15) is 14.9 Å². The van der Waals surface area contributed by atoms with Gasteiger partial charge < -0.3 is 14.5 Å². The van der Waals surface area contributed by atoms with Crippen LogP contribution in [0.3, 0.4) is 0 Å². The van der Waals surface area contributed by atoms with Crippen LogP contribution in [0.15, 0.2) is 16.7 Å². The van der Waals surface area contributed by atoms with Gasteiger partial charge in [-0.25, -0.2) is 4.79 Å². The molecule has 6 nitrogen and oxygen atoms in total. The lowest BCUT2D eigenvalue weighted by molar-refractivity contribution is -0.123. The predicted molar refractivity (Wildman–Crippen MR) is 97.2 cm³/mol. The highest BCUT2D eigenvalue weighted by Gasteiger charge is 2.25. The van der Waals surface area contributed by atoms with E-state index in [2.05, 4.69) is 11.4 Å². The van der Waals surface area contributed by atoms with Crippen molar-refractivity contribution in [3.05, 3.63) is 39.7 Å². The van der Waals surface area contributed by atoms with E-state index in [-0.39, 0.29) is 0 Å². The van der Waals surface area contributed by atoms with Crippen molar-refractivity contribution in [1.82, 2.24) is 0 Å². The maximum Gasteiger partial charge on any atom is 0.342 e. The zero-order chi connectivity index (χ0) is 18.7. The summed E-state index contributed by atoms with van der Waals surface area (Å²) in [5, 5.41) is 12.8. The number of nitrogens with zero attached hydrogens (tertiary/aromatic N) is 1. The maximum absolute atomic E-state index is 12.4. The molecule has 1 amide bonds. The third-order valence-corrected chi connectivity index (χ3v) is 5.71. The summed E-state index contributed by atoms with van der Waals surface area (Å²) in [5.74, 6) is -0.620. The van der Waals surface area contributed by atoms with Crippen LogP contribution in [-0.2, 0) is 22.4 Å². The van der Waals surface area contributed by atoms with Crippen LogP contribution in [0.4, 0.5) is 5.00 Å². The average molecular weight is 372 g/mol. The predicted octanol–water partition coefficient (Wildman–Crippen LogP) is 3.97. The molecule has 1 atom stereocenters. The summed E-state index contributed by atoms with van der Waals surface area (Å²) in [7, 11) is 0. The SMILES string of the molecule is Cc1occc1C(=O)O[C@H](C)C(=O)Nc1sc2c(c1C#N)CCCCC2. The fourth-order valence-corrected chi connectivity index (χ4v) is 4.28. The molecular formula is C19H20N2O4S. The Kier molecular flexibility index (Phi) is 5.43. The van der Waals surface area contributed by atoms with Crippen LogP contribution in [-0.4, -0.2) is 18.0 Å². The Balaban J connectivity index is 1.71. The maximum atomic E-state index is 12.4. The van der Waals surface area contributed by atoms with Crippen molar-refractivity contribution in [1.29, 1.82) is 5.26 Å². The van der Waals surface area contributed by atoms with Crippen molar-refractivity contribution in [3.63, 3.8) is 0 Å². The molecule has 0 saturated carbocycles. The van der Waals surface area contributed by atoms with E-state index in [4.69, 9.17) is 9.15 Å². The number of rotatable bonds is 4. The molecule has 136 valence electrons. The second kappa shape index (κ2) is 7.75. The van der Waals surface area contributed by atoms with Gasteiger partial charge in [-0.2, -0.15) is 5.26 Å². The summed E-state index contributed by atoms with van der Waals surface area (Å²) in [4.78, 5) is 25.7. The standard InChI is InChI=1S/C19H20N2O4S/c1-11-13(8-9-24-11)19(23)25-12(2)17(22)21-18-15(10-20)14-6-4-3-5-7-16(14)26-18/h8-9,12H,3-7H2,1-2H3,(H,21,22)/t12-/m1/s1. The van der Waals surface area contributed by atoms with E-state index in [1.54, 1.807) is 6.92 Å². The highest BCUT2D eigenvalue weighted by Crippen LogP contribution is 2.37. The molecule has 2 aromatic rings. The van der Waals surface area contributed by atoms with Gasteiger partial charge in [0.05, 0.1) is 11.8 Å². The highest BCUT2D eigenvalue weighted by molar-refractivity contribution is 7.16. The van der Waals surface area contributed by atoms with Gasteiger partial charge in [0.2, 0.25) is 0 Å². The summed E-state index contributed by atoms with van der Waals surface area (Å²) in [5.41, 5.74) is 1.90. The van der Waals surface area contributed by atoms with Crippen molar-refractivity contribution in [2.75, 3.05) is 5.32 Å². The minimum atomic E-state index is -0.981. The van der Waals surface area contributed by atoms with Gasteiger partial charge in [0.15, 0.2) is 6.10 Å². The largest absolute Gasteiger partial charge is 0.469 e. The van der Waals surface area contributed by atoms with Gasteiger partial charge in [-0.05, 0) is 51.2 Å². The Morgan fingerprint density at radius 2 is 2.12 bits per heavy atom. The van der Waals surface area contributed by atoms with Crippen LogP contribution in [0.1, 0.15) is 58.3 Å². The Hall–Kier alpha value is -2.59. The van der Waals surface area contributed by atoms with Crippen molar-refractivity contribution in [3.8, 4) is 6.07 Å². The van der Waals surface area contributed by atoms with E-state index in [1.165, 1.54) is 35.5 Å². The molecule has 2 aromatic heterocycles. The number of amides is 1. The fourth-order valence-electron chi connectivity index (χ4n) is 3.04. The number of ether oxygens (including phenoxy) is 1. The molecule has 7 heteroatoms. The summed E-state index contributed by atoms with van der Waals surface area (Å²) >= 11 is 1.45. The molecule has 0 aliphatic heterocycles. The third kappa shape index (κ3) is 3.65. The lowest BCUT2D eigenvalue weighted by Gasteiger charge is -2.12. The van der Waals surface area contributed by atoms with Crippen LogP contribution < -0.4 is 5.32 Å². The summed E-state index contributed by atoms with van der Waals surface area (Å²) < 4.78 is 10.3. The zero-order valence-corrected chi connectivity index (χ0v) is 15.6. The second-order valence-electron chi connectivity index (χ2n) is 6.31. The molecule has 1 N–H and O–H groups in total. The van der Waals surface area contributed by atoms with Crippen LogP contribution in [0.25, 0.3) is 0 Å². The number of aryl methyl sites for hydroxylation is 2. The Bertz CT molecular complexity index is 875. The first-order valence-corrected chi connectivity index (χ1v) is 9.43. The molecule has 2 heterocycles. The molecule has 0 saturated heterocycles. The van der Waals surface area contributed by atoms with Gasteiger partial charge in [-0.1, -0.05) is 6.42 Å². The summed E-state index contributed by atoms with van der Waals surface area (Å²) in [6, 6.07) is 3.73. The summed E-state index contributed by atoms with van der Waals surface area (Å²) in [6.07, 6.45) is 5.55. The normalized spacial score (nSPS) is 14.7. The van der Waals surface area contributed by atoms with Crippen LogP contribution >= 0.6 is 11.3 Å². The van der Waals surface area contributed by atoms with Gasteiger partial charge in [0.25, 0.3) is 5.91 Å². The number of nitrogens with one attached hydrogen (secondary N) is 1. The number of hydrogen-bond acceptors (Lipinski definition) is 6. The van der Waals surface area contributed by atoms with E-state index in [0.717, 1.165) is 37.7 Å². The first-order valence-electron chi connectivity index (χ1n) is 8.61. The third-order valence-electron chi connectivity index (χ3n) is 4.50. The van der Waals surface area contributed by atoms with Gasteiger partial charge in [0.1, 0.15) is 22.4 Å². The van der Waals surface area contributed by atoms with Gasteiger partial charge in [-0.3, -0.25) is 4.79 Å². The smallest absolute Gasteiger partial charge is 0.342 e. The number of anilines is 1. The van der Waals surface area contributed by atoms with Crippen LogP contribution in [0, 0.1) is 18.3 Å². The van der Waals surface area contributed by atoms with Crippen molar-refractivity contribution >= 4 is 28.2 Å². The molecule has 3 rings (SSSR count). The van der Waals surface area contributed by atoms with E-state index >= 15 is 0 Å². The highest BCUT2D eigenvalue weighted by atomic mass is 32.1. The molecule has 0 fully saturated rings. The fraction of sp³-hybridized carbons (Fsp3) is 0.421. The monoisotopic (exact) mass is 372 g/mol. The number of fused-ring (bicyclic) bond motifs is 1. The number of nitriles is 1. The van der Waals surface area contributed by atoms with Crippen LogP contribution in [0.2, 0.25) is 0 Å². The van der Waals surface area contributed by atoms with E-state index in [0.29, 0.717) is 21.9 Å².